The number of nitrogens with zero attached hydrogens (tertiary/aromatic N) is 2. The van der Waals surface area contributed by atoms with Gasteiger partial charge in [0.25, 0.3) is 5.89 Å². The summed E-state index contributed by atoms with van der Waals surface area (Å²) in [5, 5.41) is 6.78. The fraction of sp³-hybridized carbons (Fsp3) is 0.750. The highest BCUT2D eigenvalue weighted by molar-refractivity contribution is 4.88. The number of halogens is 2. The summed E-state index contributed by atoms with van der Waals surface area (Å²) in [7, 11) is 0. The standard InChI is InChI=1S/C8H10F2N2O2/c9-6(10)8-12-11-7(14-8)5-3-1-2-4-13-5/h5-6H,1-4H2. The van der Waals surface area contributed by atoms with Crippen LogP contribution in [-0.2, 0) is 4.74 Å². The van der Waals surface area contributed by atoms with Crippen LogP contribution in [0, 0.1) is 0 Å². The summed E-state index contributed by atoms with van der Waals surface area (Å²) >= 11 is 0. The van der Waals surface area contributed by atoms with Crippen LogP contribution in [-0.4, -0.2) is 16.8 Å². The molecule has 1 aliphatic heterocycles. The van der Waals surface area contributed by atoms with Gasteiger partial charge in [0, 0.05) is 6.61 Å². The minimum absolute atomic E-state index is 0.167. The molecule has 1 atom stereocenters. The molecule has 6 heteroatoms. The van der Waals surface area contributed by atoms with Crippen molar-refractivity contribution in [2.75, 3.05) is 6.61 Å². The van der Waals surface area contributed by atoms with Crippen molar-refractivity contribution in [1.82, 2.24) is 10.2 Å². The molecule has 0 aromatic carbocycles. The van der Waals surface area contributed by atoms with Gasteiger partial charge in [-0.15, -0.1) is 10.2 Å². The second-order valence-electron chi connectivity index (χ2n) is 3.13. The zero-order valence-corrected chi connectivity index (χ0v) is 7.45. The highest BCUT2D eigenvalue weighted by Gasteiger charge is 2.24. The summed E-state index contributed by atoms with van der Waals surface area (Å²) in [5.41, 5.74) is 0. The van der Waals surface area contributed by atoms with Crippen LogP contribution in [0.2, 0.25) is 0 Å². The Bertz CT molecular complexity index is 297. The number of hydrogen-bond donors (Lipinski definition) is 0. The monoisotopic (exact) mass is 204 g/mol. The number of aromatic nitrogens is 2. The van der Waals surface area contributed by atoms with Crippen LogP contribution in [0.5, 0.6) is 0 Å². The Morgan fingerprint density at radius 3 is 2.71 bits per heavy atom. The Morgan fingerprint density at radius 2 is 2.14 bits per heavy atom. The van der Waals surface area contributed by atoms with Gasteiger partial charge < -0.3 is 9.15 Å². The molecule has 0 spiro atoms. The smallest absolute Gasteiger partial charge is 0.314 e. The maximum absolute atomic E-state index is 12.1. The summed E-state index contributed by atoms with van der Waals surface area (Å²) in [6.45, 7) is 0.622. The summed E-state index contributed by atoms with van der Waals surface area (Å²) in [6.07, 6.45) is -0.266. The number of alkyl halides is 2. The lowest BCUT2D eigenvalue weighted by molar-refractivity contribution is -0.00435. The van der Waals surface area contributed by atoms with Gasteiger partial charge in [-0.2, -0.15) is 8.78 Å². The predicted octanol–water partition coefficient (Wildman–Crippen LogP) is 2.25. The van der Waals surface area contributed by atoms with Gasteiger partial charge in [-0.25, -0.2) is 0 Å². The molecule has 1 aromatic rings. The first kappa shape index (κ1) is 9.51. The molecule has 1 aliphatic rings. The average molecular weight is 204 g/mol. The minimum atomic E-state index is -2.71. The average Bonchev–Trinajstić information content (AvgIpc) is 2.68. The Kier molecular flexibility index (Phi) is 2.72. The van der Waals surface area contributed by atoms with E-state index in [4.69, 9.17) is 9.15 Å². The lowest BCUT2D eigenvalue weighted by Gasteiger charge is -2.18. The van der Waals surface area contributed by atoms with Crippen molar-refractivity contribution < 1.29 is 17.9 Å². The van der Waals surface area contributed by atoms with Crippen molar-refractivity contribution in [3.05, 3.63) is 11.8 Å². The molecule has 0 N–H and O–H groups in total. The quantitative estimate of drug-likeness (QED) is 0.741. The molecule has 0 radical (unpaired) electrons. The Morgan fingerprint density at radius 1 is 1.29 bits per heavy atom. The first-order valence-corrected chi connectivity index (χ1v) is 4.50. The van der Waals surface area contributed by atoms with Crippen molar-refractivity contribution in [2.45, 2.75) is 31.8 Å². The van der Waals surface area contributed by atoms with Gasteiger partial charge in [-0.3, -0.25) is 0 Å². The van der Waals surface area contributed by atoms with E-state index in [1.54, 1.807) is 0 Å². The molecule has 1 saturated heterocycles. The Labute approximate surface area is 79.3 Å². The minimum Gasteiger partial charge on any atom is -0.417 e. The van der Waals surface area contributed by atoms with Gasteiger partial charge in [0.1, 0.15) is 6.10 Å². The second-order valence-corrected chi connectivity index (χ2v) is 3.13. The second kappa shape index (κ2) is 4.00. The van der Waals surface area contributed by atoms with E-state index in [1.165, 1.54) is 0 Å². The molecule has 78 valence electrons. The third kappa shape index (κ3) is 1.89. The van der Waals surface area contributed by atoms with Crippen LogP contribution in [0.15, 0.2) is 4.42 Å². The van der Waals surface area contributed by atoms with Crippen molar-refractivity contribution >= 4 is 0 Å². The lowest BCUT2D eigenvalue weighted by Crippen LogP contribution is -2.11. The highest BCUT2D eigenvalue weighted by atomic mass is 19.3. The highest BCUT2D eigenvalue weighted by Crippen LogP contribution is 2.28. The molecule has 0 saturated carbocycles. The maximum Gasteiger partial charge on any atom is 0.314 e. The summed E-state index contributed by atoms with van der Waals surface area (Å²) < 4.78 is 34.3. The van der Waals surface area contributed by atoms with E-state index >= 15 is 0 Å². The molecule has 14 heavy (non-hydrogen) atoms. The summed E-state index contributed by atoms with van der Waals surface area (Å²) in [5.74, 6) is -0.464. The SMILES string of the molecule is FC(F)c1nnc(C2CCCCO2)o1. The van der Waals surface area contributed by atoms with E-state index in [0.29, 0.717) is 6.61 Å². The van der Waals surface area contributed by atoms with Crippen molar-refractivity contribution in [3.63, 3.8) is 0 Å². The first-order valence-electron chi connectivity index (χ1n) is 4.50. The van der Waals surface area contributed by atoms with E-state index in [2.05, 4.69) is 10.2 Å². The molecule has 4 nitrogen and oxygen atoms in total. The van der Waals surface area contributed by atoms with Gasteiger partial charge in [0.15, 0.2) is 0 Å². The van der Waals surface area contributed by atoms with Crippen LogP contribution in [0.3, 0.4) is 0 Å². The van der Waals surface area contributed by atoms with E-state index < -0.39 is 12.3 Å². The van der Waals surface area contributed by atoms with Gasteiger partial charge in [0.05, 0.1) is 0 Å². The van der Waals surface area contributed by atoms with Gasteiger partial charge >= 0.3 is 6.43 Å². The Balaban J connectivity index is 2.07. The molecule has 1 fully saturated rings. The molecular formula is C8H10F2N2O2. The van der Waals surface area contributed by atoms with Crippen LogP contribution >= 0.6 is 0 Å². The van der Waals surface area contributed by atoms with Crippen LogP contribution in [0.4, 0.5) is 8.78 Å². The Hall–Kier alpha value is -1.04. The molecule has 2 heterocycles. The number of ether oxygens (including phenoxy) is 1. The fourth-order valence-electron chi connectivity index (χ4n) is 1.40. The zero-order chi connectivity index (χ0) is 9.97. The van der Waals surface area contributed by atoms with E-state index in [-0.39, 0.29) is 12.0 Å². The van der Waals surface area contributed by atoms with E-state index in [1.807, 2.05) is 0 Å². The van der Waals surface area contributed by atoms with E-state index in [0.717, 1.165) is 19.3 Å². The van der Waals surface area contributed by atoms with Crippen molar-refractivity contribution in [2.24, 2.45) is 0 Å². The molecule has 2 rings (SSSR count). The maximum atomic E-state index is 12.1. The molecular weight excluding hydrogens is 194 g/mol. The topological polar surface area (TPSA) is 48.2 Å². The summed E-state index contributed by atoms with van der Waals surface area (Å²) in [6, 6.07) is 0. The van der Waals surface area contributed by atoms with Crippen molar-refractivity contribution in [3.8, 4) is 0 Å². The van der Waals surface area contributed by atoms with E-state index in [9.17, 15) is 8.78 Å². The zero-order valence-electron chi connectivity index (χ0n) is 7.45. The third-order valence-electron chi connectivity index (χ3n) is 2.10. The number of rotatable bonds is 2. The predicted molar refractivity (Wildman–Crippen MR) is 41.8 cm³/mol. The lowest BCUT2D eigenvalue weighted by atomic mass is 10.1. The molecule has 0 amide bonds. The number of hydrogen-bond acceptors (Lipinski definition) is 4. The molecule has 0 bridgehead atoms. The molecule has 1 unspecified atom stereocenters. The van der Waals surface area contributed by atoms with Gasteiger partial charge in [-0.05, 0) is 19.3 Å². The first-order chi connectivity index (χ1) is 6.77. The fourth-order valence-corrected chi connectivity index (χ4v) is 1.40. The van der Waals surface area contributed by atoms with Gasteiger partial charge in [0.2, 0.25) is 5.89 Å². The third-order valence-corrected chi connectivity index (χ3v) is 2.10. The molecule has 0 aliphatic carbocycles. The largest absolute Gasteiger partial charge is 0.417 e. The summed E-state index contributed by atoms with van der Waals surface area (Å²) in [4.78, 5) is 0. The van der Waals surface area contributed by atoms with Crippen LogP contribution in [0.1, 0.15) is 43.6 Å². The van der Waals surface area contributed by atoms with Crippen molar-refractivity contribution in [1.29, 1.82) is 0 Å². The molecule has 1 aromatic heterocycles. The van der Waals surface area contributed by atoms with Crippen LogP contribution in [0.25, 0.3) is 0 Å². The van der Waals surface area contributed by atoms with Crippen LogP contribution < -0.4 is 0 Å². The van der Waals surface area contributed by atoms with Gasteiger partial charge in [-0.1, -0.05) is 0 Å². The normalized spacial score (nSPS) is 22.9.